The molecular formula is C9H22NO3S2+. The Kier molecular flexibility index (Phi) is 8.55. The highest BCUT2D eigenvalue weighted by molar-refractivity contribution is 8.34. The maximum atomic E-state index is 10.5. The van der Waals surface area contributed by atoms with Gasteiger partial charge in [-0.1, -0.05) is 12.8 Å². The minimum Gasteiger partial charge on any atom is -0.309 e. The molecule has 2 N–H and O–H groups in total. The van der Waals surface area contributed by atoms with Crippen LogP contribution >= 0.6 is 0 Å². The summed E-state index contributed by atoms with van der Waals surface area (Å²) >= 11 is 0. The predicted octanol–water partition coefficient (Wildman–Crippen LogP) is 1.73. The SMILES string of the molecule is CN(C)CCCCCCC[S+]=S(=O)(O)O. The molecule has 0 aliphatic rings. The molecule has 0 radical (unpaired) electrons. The van der Waals surface area contributed by atoms with Crippen molar-refractivity contribution in [2.24, 2.45) is 0 Å². The first-order chi connectivity index (χ1) is 6.92. The van der Waals surface area contributed by atoms with Gasteiger partial charge in [-0.3, -0.25) is 9.11 Å². The van der Waals surface area contributed by atoms with Crippen molar-refractivity contribution in [1.29, 1.82) is 0 Å². The summed E-state index contributed by atoms with van der Waals surface area (Å²) in [7, 11) is 1.29. The first-order valence-electron chi connectivity index (χ1n) is 5.20. The number of rotatable bonds is 8. The van der Waals surface area contributed by atoms with Crippen LogP contribution in [0.4, 0.5) is 0 Å². The Morgan fingerprint density at radius 3 is 2.13 bits per heavy atom. The van der Waals surface area contributed by atoms with Gasteiger partial charge in [0, 0.05) is 6.42 Å². The fraction of sp³-hybridized carbons (Fsp3) is 1.00. The van der Waals surface area contributed by atoms with Crippen LogP contribution in [0.5, 0.6) is 0 Å². The van der Waals surface area contributed by atoms with E-state index < -0.39 is 9.05 Å². The summed E-state index contributed by atoms with van der Waals surface area (Å²) in [6, 6.07) is 0. The van der Waals surface area contributed by atoms with Gasteiger partial charge in [0.05, 0.1) is 0 Å². The maximum Gasteiger partial charge on any atom is 0.430 e. The first-order valence-corrected chi connectivity index (χ1v) is 8.17. The molecule has 92 valence electrons. The second-order valence-electron chi connectivity index (χ2n) is 3.84. The van der Waals surface area contributed by atoms with Gasteiger partial charge in [0.25, 0.3) is 10.3 Å². The van der Waals surface area contributed by atoms with Crippen LogP contribution in [0.1, 0.15) is 32.1 Å². The molecule has 0 heterocycles. The molecule has 4 nitrogen and oxygen atoms in total. The van der Waals surface area contributed by atoms with Crippen LogP contribution in [0.3, 0.4) is 0 Å². The Morgan fingerprint density at radius 2 is 1.60 bits per heavy atom. The lowest BCUT2D eigenvalue weighted by molar-refractivity contribution is 0.390. The number of hydrogen-bond donors (Lipinski definition) is 2. The van der Waals surface area contributed by atoms with Crippen molar-refractivity contribution in [2.45, 2.75) is 32.1 Å². The summed E-state index contributed by atoms with van der Waals surface area (Å²) in [6.07, 6.45) is 5.53. The molecule has 0 saturated heterocycles. The summed E-state index contributed by atoms with van der Waals surface area (Å²) in [6.45, 7) is 1.12. The van der Waals surface area contributed by atoms with E-state index in [0.717, 1.165) is 36.1 Å². The second kappa shape index (κ2) is 8.41. The number of hydrogen-bond acceptors (Lipinski definition) is 2. The van der Waals surface area contributed by atoms with Gasteiger partial charge in [-0.15, -0.1) is 0 Å². The highest BCUT2D eigenvalue weighted by Gasteiger charge is 2.08. The van der Waals surface area contributed by atoms with E-state index in [1.54, 1.807) is 0 Å². The Hall–Kier alpha value is 0.250. The van der Waals surface area contributed by atoms with E-state index in [9.17, 15) is 4.21 Å². The van der Waals surface area contributed by atoms with Crippen LogP contribution in [0.2, 0.25) is 0 Å². The quantitative estimate of drug-likeness (QED) is 0.513. The molecule has 0 bridgehead atoms. The minimum atomic E-state index is -3.57. The van der Waals surface area contributed by atoms with Crippen LogP contribution in [0, 0.1) is 0 Å². The van der Waals surface area contributed by atoms with Crippen molar-refractivity contribution in [2.75, 3.05) is 26.4 Å². The normalized spacial score (nSPS) is 12.1. The van der Waals surface area contributed by atoms with Crippen molar-refractivity contribution in [3.8, 4) is 0 Å². The molecule has 0 unspecified atom stereocenters. The second-order valence-corrected chi connectivity index (χ2v) is 7.39. The van der Waals surface area contributed by atoms with Gasteiger partial charge in [0.15, 0.2) is 5.75 Å². The third-order valence-electron chi connectivity index (χ3n) is 1.99. The monoisotopic (exact) mass is 256 g/mol. The lowest BCUT2D eigenvalue weighted by Crippen LogP contribution is -2.12. The van der Waals surface area contributed by atoms with Gasteiger partial charge >= 0.3 is 9.05 Å². The molecule has 0 spiro atoms. The van der Waals surface area contributed by atoms with Gasteiger partial charge in [-0.05, 0) is 33.5 Å². The molecule has 15 heavy (non-hydrogen) atoms. The van der Waals surface area contributed by atoms with Gasteiger partial charge in [0.2, 0.25) is 0 Å². The average Bonchev–Trinajstić information content (AvgIpc) is 2.07. The summed E-state index contributed by atoms with van der Waals surface area (Å²) in [4.78, 5) is 2.17. The Balaban J connectivity index is 3.23. The van der Waals surface area contributed by atoms with Crippen molar-refractivity contribution in [3.05, 3.63) is 0 Å². The molecule has 0 aromatic carbocycles. The topological polar surface area (TPSA) is 60.8 Å². The van der Waals surface area contributed by atoms with Crippen LogP contribution in [-0.4, -0.2) is 44.6 Å². The molecule has 0 aromatic heterocycles. The van der Waals surface area contributed by atoms with Crippen molar-refractivity contribution in [3.63, 3.8) is 0 Å². The molecule has 0 aromatic rings. The van der Waals surface area contributed by atoms with E-state index in [0.29, 0.717) is 5.75 Å². The van der Waals surface area contributed by atoms with E-state index >= 15 is 0 Å². The van der Waals surface area contributed by atoms with Crippen LogP contribution in [-0.2, 0) is 19.4 Å². The largest absolute Gasteiger partial charge is 0.430 e. The average molecular weight is 256 g/mol. The fourth-order valence-corrected chi connectivity index (χ4v) is 2.77. The summed E-state index contributed by atoms with van der Waals surface area (Å²) < 4.78 is 27.6. The Bertz CT molecular complexity index is 252. The molecule has 6 heteroatoms. The van der Waals surface area contributed by atoms with Gasteiger partial charge in [0.1, 0.15) is 0 Å². The highest BCUT2D eigenvalue weighted by Crippen LogP contribution is 2.03. The van der Waals surface area contributed by atoms with Gasteiger partial charge in [-0.2, -0.15) is 4.21 Å². The van der Waals surface area contributed by atoms with Crippen molar-refractivity contribution < 1.29 is 13.3 Å². The fourth-order valence-electron chi connectivity index (χ4n) is 1.23. The minimum absolute atomic E-state index is 0.555. The van der Waals surface area contributed by atoms with Crippen molar-refractivity contribution in [1.82, 2.24) is 4.90 Å². The zero-order valence-electron chi connectivity index (χ0n) is 9.52. The zero-order valence-corrected chi connectivity index (χ0v) is 11.1. The molecular weight excluding hydrogens is 234 g/mol. The van der Waals surface area contributed by atoms with E-state index in [1.165, 1.54) is 12.8 Å². The molecule has 0 fully saturated rings. The third kappa shape index (κ3) is 14.2. The predicted molar refractivity (Wildman–Crippen MR) is 67.3 cm³/mol. The highest BCUT2D eigenvalue weighted by atomic mass is 32.9. The summed E-state index contributed by atoms with van der Waals surface area (Å²) in [5.41, 5.74) is 0. The van der Waals surface area contributed by atoms with Crippen LogP contribution < -0.4 is 0 Å². The summed E-state index contributed by atoms with van der Waals surface area (Å²) in [5.74, 6) is 0.555. The lowest BCUT2D eigenvalue weighted by Gasteiger charge is -2.07. The molecule has 0 saturated carbocycles. The third-order valence-corrected chi connectivity index (χ3v) is 4.17. The zero-order chi connectivity index (χ0) is 11.7. The summed E-state index contributed by atoms with van der Waals surface area (Å²) in [5, 5.41) is 0. The molecule has 0 rings (SSSR count). The standard InChI is InChI=1S/C9H21NO3S2/c1-10(2)8-6-4-3-5-7-9-14-15(11,12)13/h3-9H2,1-2H3,(H-,11,12,13)/p+1. The molecule has 0 atom stereocenters. The van der Waals surface area contributed by atoms with E-state index in [4.69, 9.17) is 9.11 Å². The number of nitrogens with zero attached hydrogens (tertiary/aromatic N) is 1. The molecule has 0 aliphatic carbocycles. The lowest BCUT2D eigenvalue weighted by atomic mass is 10.1. The van der Waals surface area contributed by atoms with E-state index in [1.807, 2.05) is 0 Å². The van der Waals surface area contributed by atoms with Gasteiger partial charge < -0.3 is 4.90 Å². The first kappa shape index (κ1) is 15.2. The smallest absolute Gasteiger partial charge is 0.309 e. The van der Waals surface area contributed by atoms with E-state index in [-0.39, 0.29) is 0 Å². The number of unbranched alkanes of at least 4 members (excludes halogenated alkanes) is 4. The van der Waals surface area contributed by atoms with E-state index in [2.05, 4.69) is 19.0 Å². The Labute approximate surface area is 96.3 Å². The maximum absolute atomic E-state index is 10.5. The van der Waals surface area contributed by atoms with Crippen LogP contribution in [0.25, 0.3) is 0 Å². The van der Waals surface area contributed by atoms with Crippen LogP contribution in [0.15, 0.2) is 0 Å². The van der Waals surface area contributed by atoms with Gasteiger partial charge in [-0.25, -0.2) is 0 Å². The van der Waals surface area contributed by atoms with Crippen molar-refractivity contribution >= 4 is 19.4 Å². The molecule has 0 amide bonds. The molecule has 0 aliphatic heterocycles. The Morgan fingerprint density at radius 1 is 1.07 bits per heavy atom.